The molecule has 7 nitrogen and oxygen atoms in total. The first-order valence-electron chi connectivity index (χ1n) is 7.55. The van der Waals surface area contributed by atoms with Crippen LogP contribution in [0.2, 0.25) is 0 Å². The molecule has 0 aliphatic carbocycles. The van der Waals surface area contributed by atoms with E-state index in [2.05, 4.69) is 5.32 Å². The van der Waals surface area contributed by atoms with Gasteiger partial charge in [0, 0.05) is 23.7 Å². The maximum absolute atomic E-state index is 11.3. The molecule has 0 fully saturated rings. The van der Waals surface area contributed by atoms with Crippen molar-refractivity contribution in [2.24, 2.45) is 0 Å². The van der Waals surface area contributed by atoms with Gasteiger partial charge < -0.3 is 15.5 Å². The van der Waals surface area contributed by atoms with Crippen molar-refractivity contribution in [1.29, 1.82) is 0 Å². The number of benzene rings is 3. The third-order valence-corrected chi connectivity index (χ3v) is 4.76. The number of phenolic OH excluding ortho intramolecular Hbond substituents is 1. The number of carboxylic acid groups (broad SMARTS) is 1. The molecule has 0 spiro atoms. The highest BCUT2D eigenvalue weighted by Gasteiger charge is 2.14. The molecular weight excluding hydrogens is 358 g/mol. The molecular formula is C18H15NO6S. The minimum absolute atomic E-state index is 0.187. The molecule has 0 atom stereocenters. The van der Waals surface area contributed by atoms with E-state index < -0.39 is 21.0 Å². The van der Waals surface area contributed by atoms with E-state index in [1.165, 1.54) is 12.1 Å². The number of nitrogens with one attached hydrogen (secondary N) is 1. The van der Waals surface area contributed by atoms with Crippen LogP contribution in [0.4, 0.5) is 5.69 Å². The molecule has 0 unspecified atom stereocenters. The lowest BCUT2D eigenvalue weighted by Gasteiger charge is -2.11. The second-order valence-electron chi connectivity index (χ2n) is 5.67. The molecule has 3 rings (SSSR count). The standard InChI is InChI=1S/C18H15NO6S/c20-17-9-14(26(23,24)25)8-12-7-13(5-6-15(12)17)19-10-11-3-1-2-4-16(11)18(21)22/h1-9,19-20H,10H2,(H,21,22)(H,23,24,25). The minimum atomic E-state index is -4.45. The molecule has 26 heavy (non-hydrogen) atoms. The van der Waals surface area contributed by atoms with Crippen LogP contribution in [0.5, 0.6) is 5.75 Å². The topological polar surface area (TPSA) is 124 Å². The Hall–Kier alpha value is -3.10. The van der Waals surface area contributed by atoms with Crippen molar-refractivity contribution < 1.29 is 28.0 Å². The maximum atomic E-state index is 11.3. The molecule has 0 aromatic heterocycles. The minimum Gasteiger partial charge on any atom is -0.507 e. The largest absolute Gasteiger partial charge is 0.507 e. The Morgan fingerprint density at radius 3 is 2.46 bits per heavy atom. The first kappa shape index (κ1) is 17.7. The van der Waals surface area contributed by atoms with Crippen molar-refractivity contribution >= 4 is 32.5 Å². The summed E-state index contributed by atoms with van der Waals surface area (Å²) in [4.78, 5) is 10.8. The lowest BCUT2D eigenvalue weighted by molar-refractivity contribution is 0.0695. The Morgan fingerprint density at radius 2 is 1.77 bits per heavy atom. The Kier molecular flexibility index (Phi) is 4.54. The zero-order valence-electron chi connectivity index (χ0n) is 13.4. The van der Waals surface area contributed by atoms with Crippen molar-refractivity contribution in [3.63, 3.8) is 0 Å². The van der Waals surface area contributed by atoms with Gasteiger partial charge in [-0.1, -0.05) is 18.2 Å². The quantitative estimate of drug-likeness (QED) is 0.507. The van der Waals surface area contributed by atoms with Crippen LogP contribution in [-0.4, -0.2) is 29.2 Å². The van der Waals surface area contributed by atoms with Crippen LogP contribution in [0, 0.1) is 0 Å². The lowest BCUT2D eigenvalue weighted by atomic mass is 10.1. The SMILES string of the molecule is O=C(O)c1ccccc1CNc1ccc2c(O)cc(S(=O)(=O)O)cc2c1. The van der Waals surface area contributed by atoms with Gasteiger partial charge in [0.1, 0.15) is 5.75 Å². The molecule has 0 saturated carbocycles. The molecule has 3 aromatic rings. The summed E-state index contributed by atoms with van der Waals surface area (Å²) in [6, 6.07) is 13.7. The fraction of sp³-hybridized carbons (Fsp3) is 0.0556. The Bertz CT molecular complexity index is 1110. The number of fused-ring (bicyclic) bond motifs is 1. The summed E-state index contributed by atoms with van der Waals surface area (Å²) in [5.41, 5.74) is 1.38. The van der Waals surface area contributed by atoms with Crippen LogP contribution in [0.1, 0.15) is 15.9 Å². The Balaban J connectivity index is 1.93. The maximum Gasteiger partial charge on any atom is 0.336 e. The third-order valence-electron chi connectivity index (χ3n) is 3.93. The van der Waals surface area contributed by atoms with Gasteiger partial charge in [0.15, 0.2) is 0 Å². The Labute approximate surface area is 149 Å². The van der Waals surface area contributed by atoms with Crippen molar-refractivity contribution in [1.82, 2.24) is 0 Å². The van der Waals surface area contributed by atoms with E-state index in [-0.39, 0.29) is 17.9 Å². The fourth-order valence-corrected chi connectivity index (χ4v) is 3.20. The summed E-state index contributed by atoms with van der Waals surface area (Å²) in [5, 5.41) is 23.1. The molecule has 3 aromatic carbocycles. The first-order valence-corrected chi connectivity index (χ1v) is 8.99. The average Bonchev–Trinajstić information content (AvgIpc) is 2.59. The van der Waals surface area contributed by atoms with Gasteiger partial charge in [-0.25, -0.2) is 4.79 Å². The molecule has 0 aliphatic rings. The number of anilines is 1. The number of hydrogen-bond donors (Lipinski definition) is 4. The van der Waals surface area contributed by atoms with E-state index in [4.69, 9.17) is 4.55 Å². The van der Waals surface area contributed by atoms with Crippen molar-refractivity contribution in [3.05, 3.63) is 65.7 Å². The second kappa shape index (κ2) is 6.66. The second-order valence-corrected chi connectivity index (χ2v) is 7.09. The molecule has 0 radical (unpaired) electrons. The summed E-state index contributed by atoms with van der Waals surface area (Å²) in [5.74, 6) is -1.29. The van der Waals surface area contributed by atoms with Gasteiger partial charge in [-0.2, -0.15) is 8.42 Å². The van der Waals surface area contributed by atoms with Gasteiger partial charge >= 0.3 is 5.97 Å². The van der Waals surface area contributed by atoms with E-state index in [9.17, 15) is 23.4 Å². The van der Waals surface area contributed by atoms with E-state index >= 15 is 0 Å². The molecule has 0 amide bonds. The number of rotatable bonds is 5. The van der Waals surface area contributed by atoms with Gasteiger partial charge in [-0.05, 0) is 41.3 Å². The molecule has 4 N–H and O–H groups in total. The summed E-state index contributed by atoms with van der Waals surface area (Å²) in [6.45, 7) is 0.248. The van der Waals surface area contributed by atoms with E-state index in [1.807, 2.05) is 0 Å². The van der Waals surface area contributed by atoms with E-state index in [0.29, 0.717) is 22.0 Å². The van der Waals surface area contributed by atoms with Crippen LogP contribution in [0.25, 0.3) is 10.8 Å². The summed E-state index contributed by atoms with van der Waals surface area (Å²) >= 11 is 0. The van der Waals surface area contributed by atoms with Gasteiger partial charge in [0.05, 0.1) is 10.5 Å². The highest BCUT2D eigenvalue weighted by atomic mass is 32.2. The van der Waals surface area contributed by atoms with Gasteiger partial charge in [-0.3, -0.25) is 4.55 Å². The van der Waals surface area contributed by atoms with Crippen molar-refractivity contribution in [3.8, 4) is 5.75 Å². The predicted octanol–water partition coefficient (Wildman–Crippen LogP) is 3.10. The van der Waals surface area contributed by atoms with Crippen LogP contribution >= 0.6 is 0 Å². The molecule has 8 heteroatoms. The normalized spacial score (nSPS) is 11.4. The summed E-state index contributed by atoms with van der Waals surface area (Å²) in [7, 11) is -4.45. The van der Waals surface area contributed by atoms with Crippen LogP contribution in [-0.2, 0) is 16.7 Å². The summed E-state index contributed by atoms with van der Waals surface area (Å²) < 4.78 is 31.8. The van der Waals surface area contributed by atoms with Crippen LogP contribution < -0.4 is 5.32 Å². The molecule has 0 bridgehead atoms. The van der Waals surface area contributed by atoms with Crippen molar-refractivity contribution in [2.75, 3.05) is 5.32 Å². The zero-order chi connectivity index (χ0) is 18.9. The number of phenols is 1. The number of hydrogen-bond acceptors (Lipinski definition) is 5. The number of aromatic carboxylic acids is 1. The molecule has 0 aliphatic heterocycles. The summed E-state index contributed by atoms with van der Waals surface area (Å²) in [6.07, 6.45) is 0. The zero-order valence-corrected chi connectivity index (χ0v) is 14.2. The van der Waals surface area contributed by atoms with Crippen LogP contribution in [0.15, 0.2) is 59.5 Å². The third kappa shape index (κ3) is 3.61. The van der Waals surface area contributed by atoms with E-state index in [1.54, 1.807) is 36.4 Å². The number of carboxylic acids is 1. The molecule has 0 heterocycles. The highest BCUT2D eigenvalue weighted by molar-refractivity contribution is 7.85. The van der Waals surface area contributed by atoms with E-state index in [0.717, 1.165) is 6.07 Å². The average molecular weight is 373 g/mol. The van der Waals surface area contributed by atoms with Gasteiger partial charge in [0.25, 0.3) is 10.1 Å². The Morgan fingerprint density at radius 1 is 1.04 bits per heavy atom. The highest BCUT2D eigenvalue weighted by Crippen LogP contribution is 2.30. The monoisotopic (exact) mass is 373 g/mol. The van der Waals surface area contributed by atoms with Gasteiger partial charge in [0.2, 0.25) is 0 Å². The smallest absolute Gasteiger partial charge is 0.336 e. The molecule has 0 saturated heterocycles. The fourth-order valence-electron chi connectivity index (χ4n) is 2.66. The first-order chi connectivity index (χ1) is 12.3. The lowest BCUT2D eigenvalue weighted by Crippen LogP contribution is -2.07. The number of carbonyl (C=O) groups is 1. The van der Waals surface area contributed by atoms with Gasteiger partial charge in [-0.15, -0.1) is 0 Å². The van der Waals surface area contributed by atoms with Crippen molar-refractivity contribution in [2.45, 2.75) is 11.4 Å². The predicted molar refractivity (Wildman–Crippen MR) is 96.2 cm³/mol. The molecule has 134 valence electrons. The number of aromatic hydroxyl groups is 1. The van der Waals surface area contributed by atoms with Crippen LogP contribution in [0.3, 0.4) is 0 Å².